The van der Waals surface area contributed by atoms with Gasteiger partial charge in [-0.3, -0.25) is 0 Å². The topological polar surface area (TPSA) is 38.0 Å². The molecule has 0 radical (unpaired) electrons. The van der Waals surface area contributed by atoms with Gasteiger partial charge in [0.2, 0.25) is 0 Å². The van der Waals surface area contributed by atoms with Gasteiger partial charge in [-0.2, -0.15) is 0 Å². The minimum atomic E-state index is 0.595. The van der Waals surface area contributed by atoms with Gasteiger partial charge in [0.15, 0.2) is 0 Å². The van der Waals surface area contributed by atoms with Gasteiger partial charge in [0.05, 0.1) is 0 Å². The number of nitrogens with two attached hydrogens (primary N) is 1. The van der Waals surface area contributed by atoms with Gasteiger partial charge in [-0.25, -0.2) is 0 Å². The summed E-state index contributed by atoms with van der Waals surface area (Å²) >= 11 is 0. The maximum absolute atomic E-state index is 5.72. The summed E-state index contributed by atoms with van der Waals surface area (Å²) in [5.41, 5.74) is 7.93. The zero-order valence-electron chi connectivity index (χ0n) is 9.79. The van der Waals surface area contributed by atoms with Crippen LogP contribution < -0.4 is 11.1 Å². The first kappa shape index (κ1) is 12.1. The Hall–Kier alpha value is -1.02. The number of hydrogen-bond donors (Lipinski definition) is 2. The highest BCUT2D eigenvalue weighted by atomic mass is 14.9. The Kier molecular flexibility index (Phi) is 5.19. The van der Waals surface area contributed by atoms with Gasteiger partial charge in [0, 0.05) is 11.7 Å². The van der Waals surface area contributed by atoms with E-state index in [0.717, 1.165) is 18.7 Å². The molecule has 1 aromatic carbocycles. The normalized spacial score (nSPS) is 10.9. The minimum absolute atomic E-state index is 0.595. The van der Waals surface area contributed by atoms with Gasteiger partial charge in [0.25, 0.3) is 0 Å². The van der Waals surface area contributed by atoms with E-state index >= 15 is 0 Å². The molecule has 0 amide bonds. The Labute approximate surface area is 92.9 Å². The molecule has 0 bridgehead atoms. The second-order valence-corrected chi connectivity index (χ2v) is 4.31. The maximum Gasteiger partial charge on any atom is 0.0316 e. The van der Waals surface area contributed by atoms with E-state index in [4.69, 9.17) is 5.73 Å². The first-order chi connectivity index (χ1) is 7.18. The predicted molar refractivity (Wildman–Crippen MR) is 66.9 cm³/mol. The smallest absolute Gasteiger partial charge is 0.0316 e. The van der Waals surface area contributed by atoms with Crippen LogP contribution in [0.1, 0.15) is 32.3 Å². The van der Waals surface area contributed by atoms with E-state index in [9.17, 15) is 0 Å². The molecule has 0 saturated carbocycles. The zero-order chi connectivity index (χ0) is 11.1. The molecule has 0 heterocycles. The number of rotatable bonds is 6. The van der Waals surface area contributed by atoms with Gasteiger partial charge in [-0.05, 0) is 43.5 Å². The first-order valence-electron chi connectivity index (χ1n) is 5.76. The van der Waals surface area contributed by atoms with Crippen molar-refractivity contribution in [2.75, 3.05) is 12.3 Å². The molecule has 2 heteroatoms. The summed E-state index contributed by atoms with van der Waals surface area (Å²) in [4.78, 5) is 0. The molecule has 3 N–H and O–H groups in total. The summed E-state index contributed by atoms with van der Waals surface area (Å²) in [5, 5.41) is 3.42. The van der Waals surface area contributed by atoms with Crippen LogP contribution in [0.25, 0.3) is 0 Å². The van der Waals surface area contributed by atoms with Crippen LogP contribution >= 0.6 is 0 Å². The SMILES string of the molecule is CC(C)NCCCCc1cccc(N)c1. The van der Waals surface area contributed by atoms with Crippen molar-refractivity contribution in [2.45, 2.75) is 39.2 Å². The van der Waals surface area contributed by atoms with Crippen LogP contribution in [0.2, 0.25) is 0 Å². The Morgan fingerprint density at radius 1 is 1.27 bits per heavy atom. The lowest BCUT2D eigenvalue weighted by Gasteiger charge is -2.07. The number of benzene rings is 1. The molecule has 0 aliphatic carbocycles. The van der Waals surface area contributed by atoms with Crippen molar-refractivity contribution in [1.82, 2.24) is 5.32 Å². The van der Waals surface area contributed by atoms with Gasteiger partial charge in [-0.15, -0.1) is 0 Å². The van der Waals surface area contributed by atoms with E-state index in [-0.39, 0.29) is 0 Å². The van der Waals surface area contributed by atoms with Crippen LogP contribution in [0.15, 0.2) is 24.3 Å². The monoisotopic (exact) mass is 206 g/mol. The number of aryl methyl sites for hydroxylation is 1. The Morgan fingerprint density at radius 3 is 2.73 bits per heavy atom. The van der Waals surface area contributed by atoms with Crippen molar-refractivity contribution < 1.29 is 0 Å². The van der Waals surface area contributed by atoms with Crippen LogP contribution in [-0.4, -0.2) is 12.6 Å². The average molecular weight is 206 g/mol. The summed E-state index contributed by atoms with van der Waals surface area (Å²) in [7, 11) is 0. The molecule has 0 saturated heterocycles. The lowest BCUT2D eigenvalue weighted by Crippen LogP contribution is -2.23. The van der Waals surface area contributed by atoms with Gasteiger partial charge in [-0.1, -0.05) is 26.0 Å². The van der Waals surface area contributed by atoms with E-state index in [0.29, 0.717) is 6.04 Å². The second-order valence-electron chi connectivity index (χ2n) is 4.31. The molecular formula is C13H22N2. The van der Waals surface area contributed by atoms with Crippen molar-refractivity contribution in [2.24, 2.45) is 0 Å². The molecule has 0 unspecified atom stereocenters. The molecule has 0 fully saturated rings. The standard InChI is InChI=1S/C13H22N2/c1-11(2)15-9-4-3-6-12-7-5-8-13(14)10-12/h5,7-8,10-11,15H,3-4,6,9,14H2,1-2H3. The van der Waals surface area contributed by atoms with Crippen LogP contribution in [0.3, 0.4) is 0 Å². The van der Waals surface area contributed by atoms with Crippen molar-refractivity contribution in [3.8, 4) is 0 Å². The van der Waals surface area contributed by atoms with Gasteiger partial charge < -0.3 is 11.1 Å². The number of hydrogen-bond acceptors (Lipinski definition) is 2. The first-order valence-corrected chi connectivity index (χ1v) is 5.76. The Morgan fingerprint density at radius 2 is 2.07 bits per heavy atom. The molecular weight excluding hydrogens is 184 g/mol. The van der Waals surface area contributed by atoms with E-state index < -0.39 is 0 Å². The average Bonchev–Trinajstić information content (AvgIpc) is 2.17. The number of anilines is 1. The predicted octanol–water partition coefficient (Wildman–Crippen LogP) is 2.59. The molecule has 0 atom stereocenters. The summed E-state index contributed by atoms with van der Waals surface area (Å²) < 4.78 is 0. The van der Waals surface area contributed by atoms with Crippen LogP contribution in [0.4, 0.5) is 5.69 Å². The fourth-order valence-electron chi connectivity index (χ4n) is 1.59. The molecule has 2 nitrogen and oxygen atoms in total. The van der Waals surface area contributed by atoms with Crippen LogP contribution in [0, 0.1) is 0 Å². The Bertz CT molecular complexity index is 282. The molecule has 84 valence electrons. The molecule has 0 spiro atoms. The fraction of sp³-hybridized carbons (Fsp3) is 0.538. The van der Waals surface area contributed by atoms with Crippen LogP contribution in [-0.2, 0) is 6.42 Å². The van der Waals surface area contributed by atoms with Crippen molar-refractivity contribution in [1.29, 1.82) is 0 Å². The number of nitrogen functional groups attached to an aromatic ring is 1. The quantitative estimate of drug-likeness (QED) is 0.554. The molecule has 0 aromatic heterocycles. The minimum Gasteiger partial charge on any atom is -0.399 e. The summed E-state index contributed by atoms with van der Waals surface area (Å²) in [6.07, 6.45) is 3.58. The summed E-state index contributed by atoms with van der Waals surface area (Å²) in [6, 6.07) is 8.76. The zero-order valence-corrected chi connectivity index (χ0v) is 9.79. The molecule has 1 aromatic rings. The van der Waals surface area contributed by atoms with Crippen molar-refractivity contribution in [3.05, 3.63) is 29.8 Å². The van der Waals surface area contributed by atoms with Crippen molar-refractivity contribution in [3.63, 3.8) is 0 Å². The van der Waals surface area contributed by atoms with Gasteiger partial charge in [0.1, 0.15) is 0 Å². The summed E-state index contributed by atoms with van der Waals surface area (Å²) in [6.45, 7) is 5.47. The van der Waals surface area contributed by atoms with Crippen LogP contribution in [0.5, 0.6) is 0 Å². The van der Waals surface area contributed by atoms with E-state index in [1.165, 1.54) is 18.4 Å². The van der Waals surface area contributed by atoms with E-state index in [1.807, 2.05) is 12.1 Å². The Balaban J connectivity index is 2.15. The molecule has 1 rings (SSSR count). The summed E-state index contributed by atoms with van der Waals surface area (Å²) in [5.74, 6) is 0. The van der Waals surface area contributed by atoms with Crippen molar-refractivity contribution >= 4 is 5.69 Å². The van der Waals surface area contributed by atoms with Gasteiger partial charge >= 0.3 is 0 Å². The highest BCUT2D eigenvalue weighted by Crippen LogP contribution is 2.09. The third kappa shape index (κ3) is 5.43. The third-order valence-corrected chi connectivity index (χ3v) is 2.40. The number of nitrogens with one attached hydrogen (secondary N) is 1. The third-order valence-electron chi connectivity index (χ3n) is 2.40. The highest BCUT2D eigenvalue weighted by Gasteiger charge is 1.95. The molecule has 0 aliphatic heterocycles. The molecule has 0 aliphatic rings. The maximum atomic E-state index is 5.72. The lowest BCUT2D eigenvalue weighted by molar-refractivity contribution is 0.557. The number of unbranched alkanes of at least 4 members (excludes halogenated alkanes) is 1. The fourth-order valence-corrected chi connectivity index (χ4v) is 1.59. The van der Waals surface area contributed by atoms with E-state index in [1.54, 1.807) is 0 Å². The molecule has 15 heavy (non-hydrogen) atoms. The second kappa shape index (κ2) is 6.46. The largest absolute Gasteiger partial charge is 0.399 e. The highest BCUT2D eigenvalue weighted by molar-refractivity contribution is 5.40. The lowest BCUT2D eigenvalue weighted by atomic mass is 10.1. The van der Waals surface area contributed by atoms with E-state index in [2.05, 4.69) is 31.3 Å².